The van der Waals surface area contributed by atoms with Crippen molar-refractivity contribution < 1.29 is 27.9 Å². The minimum atomic E-state index is -3.94. The number of piperidine rings is 1. The van der Waals surface area contributed by atoms with Crippen LogP contribution in [-0.4, -0.2) is 66.5 Å². The maximum absolute atomic E-state index is 13.4. The largest absolute Gasteiger partial charge is 0.381 e. The van der Waals surface area contributed by atoms with Gasteiger partial charge in [0.25, 0.3) is 5.91 Å². The summed E-state index contributed by atoms with van der Waals surface area (Å²) in [6.07, 6.45) is 5.72. The fourth-order valence-corrected chi connectivity index (χ4v) is 6.58. The van der Waals surface area contributed by atoms with Crippen molar-refractivity contribution in [2.24, 2.45) is 5.92 Å². The van der Waals surface area contributed by atoms with Gasteiger partial charge in [-0.25, -0.2) is 18.2 Å². The van der Waals surface area contributed by atoms with E-state index >= 15 is 0 Å². The first-order valence-corrected chi connectivity index (χ1v) is 12.4. The molecule has 172 valence electrons. The summed E-state index contributed by atoms with van der Waals surface area (Å²) in [6, 6.07) is 4.03. The molecule has 1 aromatic rings. The highest BCUT2D eigenvalue weighted by Gasteiger charge is 2.54. The third-order valence-corrected chi connectivity index (χ3v) is 9.31. The highest BCUT2D eigenvalue weighted by molar-refractivity contribution is 7.91. The topological polar surface area (TPSA) is 118 Å². The van der Waals surface area contributed by atoms with Crippen LogP contribution in [0.5, 0.6) is 0 Å². The van der Waals surface area contributed by atoms with Crippen LogP contribution in [0.1, 0.15) is 55.7 Å². The maximum atomic E-state index is 13.4. The van der Waals surface area contributed by atoms with E-state index in [9.17, 15) is 18.4 Å². The zero-order valence-corrected chi connectivity index (χ0v) is 18.5. The monoisotopic (exact) mass is 453 g/mol. The molecule has 0 spiro atoms. The van der Waals surface area contributed by atoms with Gasteiger partial charge in [-0.15, -0.1) is 0 Å². The molecule has 4 rings (SSSR count). The van der Waals surface area contributed by atoms with E-state index < -0.39 is 20.7 Å². The van der Waals surface area contributed by atoms with E-state index in [1.54, 1.807) is 5.48 Å². The van der Waals surface area contributed by atoms with E-state index in [0.717, 1.165) is 23.8 Å². The van der Waals surface area contributed by atoms with E-state index in [4.69, 9.17) is 9.47 Å². The first-order valence-electron chi connectivity index (χ1n) is 11.0. The number of pyridine rings is 1. The molecule has 9 nitrogen and oxygen atoms in total. The van der Waals surface area contributed by atoms with Gasteiger partial charge in [-0.1, -0.05) is 6.07 Å². The molecule has 1 saturated carbocycles. The fourth-order valence-electron chi connectivity index (χ4n) is 4.43. The molecular formula is C21H31N3O6S. The summed E-state index contributed by atoms with van der Waals surface area (Å²) in [6.45, 7) is 2.37. The van der Waals surface area contributed by atoms with E-state index in [1.165, 1.54) is 17.1 Å². The van der Waals surface area contributed by atoms with Gasteiger partial charge in [-0.3, -0.25) is 15.0 Å². The van der Waals surface area contributed by atoms with E-state index in [2.05, 4.69) is 4.98 Å². The van der Waals surface area contributed by atoms with Crippen molar-refractivity contribution in [2.45, 2.75) is 55.8 Å². The lowest BCUT2D eigenvalue weighted by molar-refractivity contribution is -0.134. The van der Waals surface area contributed by atoms with Crippen LogP contribution in [0.15, 0.2) is 18.3 Å². The van der Waals surface area contributed by atoms with E-state index in [1.807, 2.05) is 18.3 Å². The molecule has 1 amide bonds. The fraction of sp³-hybridized carbons (Fsp3) is 0.714. The zero-order valence-electron chi connectivity index (χ0n) is 17.7. The summed E-state index contributed by atoms with van der Waals surface area (Å²) in [5.41, 5.74) is 3.56. The lowest BCUT2D eigenvalue weighted by Crippen LogP contribution is -2.60. The average molecular weight is 454 g/mol. The van der Waals surface area contributed by atoms with E-state index in [0.29, 0.717) is 32.5 Å². The number of nitrogens with one attached hydrogen (secondary N) is 1. The number of sulfonamides is 1. The van der Waals surface area contributed by atoms with Crippen LogP contribution in [0.3, 0.4) is 0 Å². The summed E-state index contributed by atoms with van der Waals surface area (Å²) in [4.78, 5) is 17.0. The van der Waals surface area contributed by atoms with Crippen molar-refractivity contribution in [1.82, 2.24) is 14.8 Å². The number of hydrogen-bond donors (Lipinski definition) is 2. The Labute approximate surface area is 183 Å². The number of hydrogen-bond acceptors (Lipinski definition) is 7. The molecule has 10 heteroatoms. The molecule has 2 N–H and O–H groups in total. The third-order valence-electron chi connectivity index (χ3n) is 6.69. The predicted octanol–water partition coefficient (Wildman–Crippen LogP) is 1.57. The smallest absolute Gasteiger partial charge is 0.266 e. The molecule has 0 bridgehead atoms. The molecule has 0 atom stereocenters. The SMILES string of the molecule is O=C(NO)C1(S(=O)(=O)N2CCC(c3ccc(COCC4CC4)cn3)CC2)CCOCC1. The normalized spacial score (nSPS) is 22.9. The molecule has 2 aliphatic heterocycles. The molecule has 1 aliphatic carbocycles. The van der Waals surface area contributed by atoms with Crippen molar-refractivity contribution >= 4 is 15.9 Å². The number of amides is 1. The van der Waals surface area contributed by atoms with Gasteiger partial charge in [-0.2, -0.15) is 0 Å². The quantitative estimate of drug-likeness (QED) is 0.453. The Bertz CT molecular complexity index is 858. The Hall–Kier alpha value is -1.59. The van der Waals surface area contributed by atoms with E-state index in [-0.39, 0.29) is 32.0 Å². The van der Waals surface area contributed by atoms with Gasteiger partial charge in [-0.05, 0) is 43.2 Å². The summed E-state index contributed by atoms with van der Waals surface area (Å²) in [7, 11) is -3.94. The molecular weight excluding hydrogens is 422 g/mol. The summed E-state index contributed by atoms with van der Waals surface area (Å²) in [5, 5.41) is 9.17. The number of hydroxylamine groups is 1. The molecule has 2 saturated heterocycles. The van der Waals surface area contributed by atoms with Crippen molar-refractivity contribution in [3.8, 4) is 0 Å². The maximum Gasteiger partial charge on any atom is 0.266 e. The van der Waals surface area contributed by atoms with Crippen LogP contribution in [0.4, 0.5) is 0 Å². The zero-order chi connectivity index (χ0) is 21.9. The Morgan fingerprint density at radius 2 is 1.94 bits per heavy atom. The first kappa shape index (κ1) is 22.6. The highest BCUT2D eigenvalue weighted by atomic mass is 32.2. The van der Waals surface area contributed by atoms with Gasteiger partial charge >= 0.3 is 0 Å². The standard InChI is InChI=1S/C21H31N3O6S/c25-20(23-26)21(7-11-29-12-8-21)31(27,28)24-9-5-18(6-10-24)19-4-3-17(13-22-19)15-30-14-16-1-2-16/h3-4,13,16,18,26H,1-2,5-12,14-15H2,(H,23,25). The van der Waals surface area contributed by atoms with Gasteiger partial charge in [0, 0.05) is 63.6 Å². The number of rotatable bonds is 8. The second kappa shape index (κ2) is 9.50. The number of nitrogens with zero attached hydrogens (tertiary/aromatic N) is 2. The number of carbonyl (C=O) groups is 1. The van der Waals surface area contributed by atoms with Crippen molar-refractivity contribution in [1.29, 1.82) is 0 Å². The Balaban J connectivity index is 1.36. The third kappa shape index (κ3) is 4.78. The number of carbonyl (C=O) groups excluding carboxylic acids is 1. The molecule has 3 aliphatic rings. The number of aromatic nitrogens is 1. The summed E-state index contributed by atoms with van der Waals surface area (Å²) < 4.78 is 37.4. The van der Waals surface area contributed by atoms with Gasteiger partial charge in [0.2, 0.25) is 10.0 Å². The van der Waals surface area contributed by atoms with Gasteiger partial charge in [0.05, 0.1) is 6.61 Å². The second-order valence-corrected chi connectivity index (χ2v) is 11.0. The molecule has 0 unspecified atom stereocenters. The number of ether oxygens (including phenoxy) is 2. The van der Waals surface area contributed by atoms with Crippen molar-refractivity contribution in [2.75, 3.05) is 32.9 Å². The van der Waals surface area contributed by atoms with Crippen LogP contribution >= 0.6 is 0 Å². The van der Waals surface area contributed by atoms with Crippen molar-refractivity contribution in [3.05, 3.63) is 29.6 Å². The molecule has 1 aromatic heterocycles. The van der Waals surface area contributed by atoms with Gasteiger partial charge in [0.1, 0.15) is 0 Å². The van der Waals surface area contributed by atoms with Crippen LogP contribution in [0.2, 0.25) is 0 Å². The molecule has 0 aromatic carbocycles. The predicted molar refractivity (Wildman–Crippen MR) is 112 cm³/mol. The highest BCUT2D eigenvalue weighted by Crippen LogP contribution is 2.36. The van der Waals surface area contributed by atoms with Crippen LogP contribution in [0.25, 0.3) is 0 Å². The summed E-state index contributed by atoms with van der Waals surface area (Å²) in [5.74, 6) is 0.0293. The lowest BCUT2D eigenvalue weighted by Gasteiger charge is -2.40. The molecule has 3 fully saturated rings. The van der Waals surface area contributed by atoms with Crippen LogP contribution in [0, 0.1) is 5.92 Å². The Morgan fingerprint density at radius 3 is 2.52 bits per heavy atom. The van der Waals surface area contributed by atoms with Crippen molar-refractivity contribution in [3.63, 3.8) is 0 Å². The molecule has 3 heterocycles. The second-order valence-electron chi connectivity index (χ2n) is 8.78. The molecule has 31 heavy (non-hydrogen) atoms. The Kier molecular flexibility index (Phi) is 6.92. The minimum Gasteiger partial charge on any atom is -0.381 e. The van der Waals surface area contributed by atoms with Gasteiger partial charge < -0.3 is 9.47 Å². The van der Waals surface area contributed by atoms with Crippen LogP contribution in [-0.2, 0) is 30.9 Å². The van der Waals surface area contributed by atoms with Crippen LogP contribution < -0.4 is 5.48 Å². The minimum absolute atomic E-state index is 0.0352. The average Bonchev–Trinajstić information content (AvgIpc) is 3.64. The lowest BCUT2D eigenvalue weighted by atomic mass is 9.94. The Morgan fingerprint density at radius 1 is 1.23 bits per heavy atom. The first-order chi connectivity index (χ1) is 15.0. The molecule has 0 radical (unpaired) electrons. The summed E-state index contributed by atoms with van der Waals surface area (Å²) >= 11 is 0. The van der Waals surface area contributed by atoms with Gasteiger partial charge in [0.15, 0.2) is 4.75 Å².